The normalized spacial score (nSPS) is 13.3. The van der Waals surface area contributed by atoms with Gasteiger partial charge >= 0.3 is 0 Å². The monoisotopic (exact) mass is 384 g/mol. The van der Waals surface area contributed by atoms with E-state index >= 15 is 0 Å². The Balaban J connectivity index is 1.66. The van der Waals surface area contributed by atoms with Crippen LogP contribution in [0, 0.1) is 10.1 Å². The van der Waals surface area contributed by atoms with Crippen molar-refractivity contribution in [3.8, 4) is 0 Å². The number of anilines is 1. The number of carbonyl (C=O) groups excluding carboxylic acids is 2. The molecule has 2 aromatic heterocycles. The van der Waals surface area contributed by atoms with Gasteiger partial charge in [-0.05, 0) is 43.4 Å². The lowest BCUT2D eigenvalue weighted by molar-refractivity contribution is -0.384. The first-order chi connectivity index (χ1) is 12.9. The van der Waals surface area contributed by atoms with E-state index in [-0.39, 0.29) is 11.4 Å². The van der Waals surface area contributed by atoms with Gasteiger partial charge in [-0.3, -0.25) is 19.7 Å². The summed E-state index contributed by atoms with van der Waals surface area (Å²) in [5, 5.41) is 14.7. The lowest BCUT2D eigenvalue weighted by Gasteiger charge is -2.11. The molecular weight excluding hydrogens is 368 g/mol. The van der Waals surface area contributed by atoms with E-state index in [0.717, 1.165) is 36.1 Å². The molecule has 0 bridgehead atoms. The molecule has 3 aromatic rings. The van der Waals surface area contributed by atoms with Crippen molar-refractivity contribution in [2.45, 2.75) is 25.7 Å². The highest BCUT2D eigenvalue weighted by Crippen LogP contribution is 2.38. The molecule has 0 unspecified atom stereocenters. The summed E-state index contributed by atoms with van der Waals surface area (Å²) in [7, 11) is 0. The van der Waals surface area contributed by atoms with E-state index in [1.807, 2.05) is 0 Å². The quantitative estimate of drug-likeness (QED) is 0.470. The number of carbonyl (C=O) groups is 2. The molecule has 2 heterocycles. The Bertz CT molecular complexity index is 1100. The number of nitrogens with one attached hydrogen (secondary N) is 2. The van der Waals surface area contributed by atoms with Gasteiger partial charge in [-0.2, -0.15) is 0 Å². The number of rotatable bonds is 4. The fourth-order valence-corrected chi connectivity index (χ4v) is 4.73. The summed E-state index contributed by atoms with van der Waals surface area (Å²) in [4.78, 5) is 39.0. The van der Waals surface area contributed by atoms with E-state index in [9.17, 15) is 19.7 Å². The standard InChI is InChI=1S/C18H16N4O4S/c19-16(23)15-11-3-1-2-4-14(11)27-18(15)21-17(24)13-8-9-7-10(22(25)26)5-6-12(9)20-13/h5-8,20H,1-4H2,(H2,19,23)(H,21,24). The highest BCUT2D eigenvalue weighted by molar-refractivity contribution is 7.17. The smallest absolute Gasteiger partial charge is 0.272 e. The van der Waals surface area contributed by atoms with Gasteiger partial charge in [0.25, 0.3) is 17.5 Å². The molecule has 1 aliphatic rings. The fraction of sp³-hybridized carbons (Fsp3) is 0.222. The Kier molecular flexibility index (Phi) is 4.15. The minimum absolute atomic E-state index is 0.0459. The number of nitrogens with zero attached hydrogens (tertiary/aromatic N) is 1. The second-order valence-electron chi connectivity index (χ2n) is 6.45. The average Bonchev–Trinajstić information content (AvgIpc) is 3.21. The van der Waals surface area contributed by atoms with Crippen molar-refractivity contribution >= 4 is 44.7 Å². The molecule has 2 amide bonds. The van der Waals surface area contributed by atoms with Crippen molar-refractivity contribution in [1.29, 1.82) is 0 Å². The number of nitro groups is 1. The summed E-state index contributed by atoms with van der Waals surface area (Å²) in [6.45, 7) is 0. The SMILES string of the molecule is NC(=O)c1c(NC(=O)c2cc3cc([N+](=O)[O-])ccc3[nH]2)sc2c1CCCC2. The van der Waals surface area contributed by atoms with E-state index in [1.54, 1.807) is 12.1 Å². The van der Waals surface area contributed by atoms with Crippen LogP contribution in [-0.4, -0.2) is 21.7 Å². The van der Waals surface area contributed by atoms with Gasteiger partial charge in [0.15, 0.2) is 0 Å². The van der Waals surface area contributed by atoms with Gasteiger partial charge in [-0.1, -0.05) is 0 Å². The predicted octanol–water partition coefficient (Wildman–Crippen LogP) is 3.37. The van der Waals surface area contributed by atoms with Crippen molar-refractivity contribution < 1.29 is 14.5 Å². The molecule has 1 aromatic carbocycles. The number of aryl methyl sites for hydroxylation is 1. The number of aromatic amines is 1. The molecule has 4 N–H and O–H groups in total. The van der Waals surface area contributed by atoms with Crippen LogP contribution in [0.1, 0.15) is 44.1 Å². The van der Waals surface area contributed by atoms with Crippen LogP contribution in [0.4, 0.5) is 10.7 Å². The number of aromatic nitrogens is 1. The molecule has 8 nitrogen and oxygen atoms in total. The van der Waals surface area contributed by atoms with Crippen LogP contribution in [0.2, 0.25) is 0 Å². The number of hydrogen-bond donors (Lipinski definition) is 3. The van der Waals surface area contributed by atoms with Crippen molar-refractivity contribution in [3.05, 3.63) is 56.1 Å². The van der Waals surface area contributed by atoms with Crippen LogP contribution >= 0.6 is 11.3 Å². The average molecular weight is 384 g/mol. The lowest BCUT2D eigenvalue weighted by Crippen LogP contribution is -2.18. The topological polar surface area (TPSA) is 131 Å². The summed E-state index contributed by atoms with van der Waals surface area (Å²) in [6.07, 6.45) is 3.72. The zero-order chi connectivity index (χ0) is 19.1. The first-order valence-corrected chi connectivity index (χ1v) is 9.28. The molecule has 0 atom stereocenters. The van der Waals surface area contributed by atoms with Crippen LogP contribution in [0.3, 0.4) is 0 Å². The summed E-state index contributed by atoms with van der Waals surface area (Å²) in [6, 6.07) is 5.89. The minimum atomic E-state index is -0.544. The Labute approximate surface area is 157 Å². The Morgan fingerprint density at radius 1 is 1.22 bits per heavy atom. The van der Waals surface area contributed by atoms with E-state index in [2.05, 4.69) is 10.3 Å². The lowest BCUT2D eigenvalue weighted by atomic mass is 9.95. The Morgan fingerprint density at radius 3 is 2.74 bits per heavy atom. The third-order valence-corrected chi connectivity index (χ3v) is 5.91. The highest BCUT2D eigenvalue weighted by atomic mass is 32.1. The first kappa shape index (κ1) is 17.2. The molecule has 4 rings (SSSR count). The van der Waals surface area contributed by atoms with Crippen LogP contribution in [-0.2, 0) is 12.8 Å². The summed E-state index contributed by atoms with van der Waals surface area (Å²) in [5.41, 5.74) is 7.72. The van der Waals surface area contributed by atoms with Gasteiger partial charge in [-0.15, -0.1) is 11.3 Å². The molecule has 0 fully saturated rings. The third-order valence-electron chi connectivity index (χ3n) is 4.70. The van der Waals surface area contributed by atoms with Crippen molar-refractivity contribution in [1.82, 2.24) is 4.98 Å². The summed E-state index contributed by atoms with van der Waals surface area (Å²) in [5.74, 6) is -0.966. The minimum Gasteiger partial charge on any atom is -0.365 e. The van der Waals surface area contributed by atoms with Gasteiger partial charge in [0.1, 0.15) is 10.7 Å². The van der Waals surface area contributed by atoms with Crippen LogP contribution < -0.4 is 11.1 Å². The number of fused-ring (bicyclic) bond motifs is 2. The number of primary amides is 1. The van der Waals surface area contributed by atoms with Gasteiger partial charge in [0, 0.05) is 27.9 Å². The number of non-ortho nitro benzene ring substituents is 1. The molecule has 138 valence electrons. The zero-order valence-corrected chi connectivity index (χ0v) is 15.0. The molecule has 0 spiro atoms. The largest absolute Gasteiger partial charge is 0.365 e. The zero-order valence-electron chi connectivity index (χ0n) is 14.2. The van der Waals surface area contributed by atoms with Crippen molar-refractivity contribution in [3.63, 3.8) is 0 Å². The number of nitrogens with two attached hydrogens (primary N) is 1. The van der Waals surface area contributed by atoms with Gasteiger partial charge in [-0.25, -0.2) is 0 Å². The van der Waals surface area contributed by atoms with E-state index in [1.165, 1.54) is 23.5 Å². The highest BCUT2D eigenvalue weighted by Gasteiger charge is 2.25. The molecule has 0 saturated carbocycles. The molecule has 0 radical (unpaired) electrons. The fourth-order valence-electron chi connectivity index (χ4n) is 3.44. The number of benzene rings is 1. The van der Waals surface area contributed by atoms with Crippen molar-refractivity contribution in [2.24, 2.45) is 5.73 Å². The summed E-state index contributed by atoms with van der Waals surface area (Å²) >= 11 is 1.39. The maximum absolute atomic E-state index is 12.7. The number of amides is 2. The molecule has 9 heteroatoms. The van der Waals surface area contributed by atoms with E-state index < -0.39 is 16.7 Å². The molecule has 0 saturated heterocycles. The second kappa shape index (κ2) is 6.51. The van der Waals surface area contributed by atoms with Gasteiger partial charge in [0.2, 0.25) is 0 Å². The maximum atomic E-state index is 12.7. The molecular formula is C18H16N4O4S. The van der Waals surface area contributed by atoms with Crippen LogP contribution in [0.5, 0.6) is 0 Å². The number of nitro benzene ring substituents is 1. The number of H-pyrrole nitrogens is 1. The Hall–Kier alpha value is -3.20. The first-order valence-electron chi connectivity index (χ1n) is 8.47. The van der Waals surface area contributed by atoms with E-state index in [0.29, 0.717) is 21.5 Å². The van der Waals surface area contributed by atoms with Crippen LogP contribution in [0.25, 0.3) is 10.9 Å². The number of thiophene rings is 1. The molecule has 0 aliphatic heterocycles. The number of hydrogen-bond acceptors (Lipinski definition) is 5. The molecule has 1 aliphatic carbocycles. The second-order valence-corrected chi connectivity index (χ2v) is 7.55. The van der Waals surface area contributed by atoms with Crippen molar-refractivity contribution in [2.75, 3.05) is 5.32 Å². The van der Waals surface area contributed by atoms with Gasteiger partial charge < -0.3 is 16.0 Å². The summed E-state index contributed by atoms with van der Waals surface area (Å²) < 4.78 is 0. The predicted molar refractivity (Wildman–Crippen MR) is 102 cm³/mol. The Morgan fingerprint density at radius 2 is 2.00 bits per heavy atom. The molecule has 27 heavy (non-hydrogen) atoms. The van der Waals surface area contributed by atoms with Gasteiger partial charge in [0.05, 0.1) is 10.5 Å². The maximum Gasteiger partial charge on any atom is 0.272 e. The van der Waals surface area contributed by atoms with E-state index in [4.69, 9.17) is 5.73 Å². The third kappa shape index (κ3) is 3.06. The van der Waals surface area contributed by atoms with Crippen LogP contribution in [0.15, 0.2) is 24.3 Å².